The van der Waals surface area contributed by atoms with Crippen molar-refractivity contribution >= 4 is 6.72 Å². The smallest absolute Gasteiger partial charge is 0.0614 e. The third-order valence-electron chi connectivity index (χ3n) is 1.47. The Morgan fingerprint density at radius 3 is 2.12 bits per heavy atom. The van der Waals surface area contributed by atoms with Crippen LogP contribution in [0.1, 0.15) is 13.8 Å². The Hall–Kier alpha value is -0.370. The van der Waals surface area contributed by atoms with E-state index in [2.05, 4.69) is 24.0 Å². The van der Waals surface area contributed by atoms with E-state index in [1.165, 1.54) is 0 Å². The average Bonchev–Trinajstić information content (AvgIpc) is 1.84. The molecule has 2 unspecified atom stereocenters. The SMILES string of the molecule is C=NC(C)C(C)NC. The van der Waals surface area contributed by atoms with E-state index >= 15 is 0 Å². The van der Waals surface area contributed by atoms with Gasteiger partial charge in [-0.15, -0.1) is 0 Å². The molecule has 0 radical (unpaired) electrons. The number of aliphatic imine (C=N–C) groups is 1. The van der Waals surface area contributed by atoms with E-state index in [0.29, 0.717) is 12.1 Å². The molecule has 0 saturated carbocycles. The first-order chi connectivity index (χ1) is 3.72. The maximum atomic E-state index is 3.85. The van der Waals surface area contributed by atoms with Crippen molar-refractivity contribution in [3.05, 3.63) is 0 Å². The van der Waals surface area contributed by atoms with Crippen LogP contribution in [0.25, 0.3) is 0 Å². The lowest BCUT2D eigenvalue weighted by Gasteiger charge is -2.13. The molecule has 0 fully saturated rings. The standard InChI is InChI=1S/C6H14N2/c1-5(7-3)6(2)8-4/h5-6,8H,3H2,1-2,4H3. The van der Waals surface area contributed by atoms with Gasteiger partial charge >= 0.3 is 0 Å². The van der Waals surface area contributed by atoms with Crippen LogP contribution in [-0.4, -0.2) is 25.8 Å². The van der Waals surface area contributed by atoms with E-state index in [0.717, 1.165) is 0 Å². The van der Waals surface area contributed by atoms with E-state index in [9.17, 15) is 0 Å². The van der Waals surface area contributed by atoms with E-state index in [4.69, 9.17) is 0 Å². The summed E-state index contributed by atoms with van der Waals surface area (Å²) in [5.74, 6) is 0. The van der Waals surface area contributed by atoms with E-state index in [1.807, 2.05) is 14.0 Å². The minimum Gasteiger partial charge on any atom is -0.315 e. The third-order valence-corrected chi connectivity index (χ3v) is 1.47. The van der Waals surface area contributed by atoms with Crippen molar-refractivity contribution in [2.45, 2.75) is 25.9 Å². The quantitative estimate of drug-likeness (QED) is 0.536. The Morgan fingerprint density at radius 1 is 1.50 bits per heavy atom. The van der Waals surface area contributed by atoms with E-state index in [-0.39, 0.29) is 0 Å². The fraction of sp³-hybridized carbons (Fsp3) is 0.833. The lowest BCUT2D eigenvalue weighted by molar-refractivity contribution is 0.523. The molecule has 0 aliphatic carbocycles. The van der Waals surface area contributed by atoms with Gasteiger partial charge in [0.1, 0.15) is 0 Å². The average molecular weight is 114 g/mol. The fourth-order valence-corrected chi connectivity index (χ4v) is 0.399. The molecular weight excluding hydrogens is 100 g/mol. The summed E-state index contributed by atoms with van der Waals surface area (Å²) in [4.78, 5) is 3.85. The fourth-order valence-electron chi connectivity index (χ4n) is 0.399. The Balaban J connectivity index is 3.44. The zero-order valence-electron chi connectivity index (χ0n) is 5.81. The van der Waals surface area contributed by atoms with Gasteiger partial charge in [0.15, 0.2) is 0 Å². The summed E-state index contributed by atoms with van der Waals surface area (Å²) < 4.78 is 0. The number of nitrogens with one attached hydrogen (secondary N) is 1. The molecule has 0 heterocycles. The molecule has 0 aliphatic rings. The number of hydrogen-bond donors (Lipinski definition) is 1. The molecule has 0 saturated heterocycles. The molecule has 2 nitrogen and oxygen atoms in total. The normalized spacial score (nSPS) is 17.4. The molecule has 0 bridgehead atoms. The largest absolute Gasteiger partial charge is 0.315 e. The molecule has 0 amide bonds. The second kappa shape index (κ2) is 3.61. The van der Waals surface area contributed by atoms with Crippen molar-refractivity contribution < 1.29 is 0 Å². The molecule has 2 atom stereocenters. The lowest BCUT2D eigenvalue weighted by Crippen LogP contribution is -2.31. The minimum absolute atomic E-state index is 0.319. The molecular formula is C6H14N2. The Bertz CT molecular complexity index is 70.9. The van der Waals surface area contributed by atoms with Crippen LogP contribution in [0, 0.1) is 0 Å². The van der Waals surface area contributed by atoms with Crippen molar-refractivity contribution in [2.75, 3.05) is 7.05 Å². The highest BCUT2D eigenvalue weighted by Crippen LogP contribution is 1.93. The van der Waals surface area contributed by atoms with Crippen LogP contribution < -0.4 is 5.32 Å². The summed E-state index contributed by atoms with van der Waals surface area (Å²) in [6.45, 7) is 7.56. The number of nitrogens with zero attached hydrogens (tertiary/aromatic N) is 1. The van der Waals surface area contributed by atoms with Gasteiger partial charge in [0, 0.05) is 6.04 Å². The molecule has 0 rings (SSSR count). The van der Waals surface area contributed by atoms with Gasteiger partial charge in [-0.05, 0) is 27.6 Å². The van der Waals surface area contributed by atoms with Crippen LogP contribution in [0.4, 0.5) is 0 Å². The summed E-state index contributed by atoms with van der Waals surface area (Å²) in [5, 5.41) is 3.08. The molecule has 0 aromatic carbocycles. The molecule has 48 valence electrons. The van der Waals surface area contributed by atoms with Gasteiger partial charge in [-0.25, -0.2) is 0 Å². The summed E-state index contributed by atoms with van der Waals surface area (Å²) >= 11 is 0. The monoisotopic (exact) mass is 114 g/mol. The van der Waals surface area contributed by atoms with Gasteiger partial charge in [-0.2, -0.15) is 0 Å². The number of hydrogen-bond acceptors (Lipinski definition) is 2. The Kier molecular flexibility index (Phi) is 3.44. The number of rotatable bonds is 3. The molecule has 0 aliphatic heterocycles. The van der Waals surface area contributed by atoms with Gasteiger partial charge in [0.2, 0.25) is 0 Å². The number of likely N-dealkylation sites (N-methyl/N-ethyl adjacent to an activating group) is 1. The Morgan fingerprint density at radius 2 is 2.00 bits per heavy atom. The third kappa shape index (κ3) is 2.07. The summed E-state index contributed by atoms with van der Waals surface area (Å²) in [5.41, 5.74) is 0. The summed E-state index contributed by atoms with van der Waals surface area (Å²) in [6.07, 6.45) is 0. The predicted molar refractivity (Wildman–Crippen MR) is 37.5 cm³/mol. The molecule has 0 spiro atoms. The van der Waals surface area contributed by atoms with Crippen LogP contribution in [0.15, 0.2) is 4.99 Å². The maximum Gasteiger partial charge on any atom is 0.0614 e. The molecule has 0 aromatic rings. The minimum atomic E-state index is 0.319. The van der Waals surface area contributed by atoms with Crippen LogP contribution in [0.2, 0.25) is 0 Å². The second-order valence-electron chi connectivity index (χ2n) is 2.00. The van der Waals surface area contributed by atoms with Gasteiger partial charge in [0.25, 0.3) is 0 Å². The van der Waals surface area contributed by atoms with Crippen molar-refractivity contribution in [3.63, 3.8) is 0 Å². The summed E-state index contributed by atoms with van der Waals surface area (Å²) in [7, 11) is 1.92. The van der Waals surface area contributed by atoms with Gasteiger partial charge in [0.05, 0.1) is 6.04 Å². The lowest BCUT2D eigenvalue weighted by atomic mass is 10.2. The first kappa shape index (κ1) is 7.63. The van der Waals surface area contributed by atoms with Crippen molar-refractivity contribution in [1.82, 2.24) is 5.32 Å². The van der Waals surface area contributed by atoms with Crippen molar-refractivity contribution in [2.24, 2.45) is 4.99 Å². The van der Waals surface area contributed by atoms with Gasteiger partial charge in [-0.3, -0.25) is 4.99 Å². The Labute approximate surface area is 51.0 Å². The van der Waals surface area contributed by atoms with Gasteiger partial charge in [-0.1, -0.05) is 0 Å². The summed E-state index contributed by atoms with van der Waals surface area (Å²) in [6, 6.07) is 0.757. The highest BCUT2D eigenvalue weighted by molar-refractivity contribution is 5.24. The van der Waals surface area contributed by atoms with Crippen LogP contribution in [0.3, 0.4) is 0 Å². The van der Waals surface area contributed by atoms with E-state index in [1.54, 1.807) is 0 Å². The van der Waals surface area contributed by atoms with Crippen LogP contribution >= 0.6 is 0 Å². The highest BCUT2D eigenvalue weighted by Gasteiger charge is 2.04. The zero-order valence-corrected chi connectivity index (χ0v) is 5.81. The predicted octanol–water partition coefficient (Wildman–Crippen LogP) is 0.683. The molecule has 2 heteroatoms. The van der Waals surface area contributed by atoms with Crippen molar-refractivity contribution in [3.8, 4) is 0 Å². The van der Waals surface area contributed by atoms with Gasteiger partial charge < -0.3 is 5.32 Å². The van der Waals surface area contributed by atoms with Crippen molar-refractivity contribution in [1.29, 1.82) is 0 Å². The molecule has 1 N–H and O–H groups in total. The topological polar surface area (TPSA) is 24.4 Å². The second-order valence-corrected chi connectivity index (χ2v) is 2.00. The van der Waals surface area contributed by atoms with E-state index < -0.39 is 0 Å². The highest BCUT2D eigenvalue weighted by atomic mass is 14.9. The maximum absolute atomic E-state index is 3.85. The molecule has 0 aromatic heterocycles. The first-order valence-corrected chi connectivity index (χ1v) is 2.85. The zero-order chi connectivity index (χ0) is 6.57. The first-order valence-electron chi connectivity index (χ1n) is 2.85. The van der Waals surface area contributed by atoms with Crippen LogP contribution in [0.5, 0.6) is 0 Å². The van der Waals surface area contributed by atoms with Crippen LogP contribution in [-0.2, 0) is 0 Å². The molecule has 8 heavy (non-hydrogen) atoms.